The second-order valence-electron chi connectivity index (χ2n) is 7.09. The number of esters is 1. The summed E-state index contributed by atoms with van der Waals surface area (Å²) in [5.74, 6) is -0.294. The lowest BCUT2D eigenvalue weighted by Gasteiger charge is -2.38. The number of amides is 1. The number of nitrogens with zero attached hydrogens (tertiary/aromatic N) is 2. The lowest BCUT2D eigenvalue weighted by Crippen LogP contribution is -2.53. The van der Waals surface area contributed by atoms with Crippen LogP contribution in [0.25, 0.3) is 0 Å². The molecule has 27 heavy (non-hydrogen) atoms. The second-order valence-corrected chi connectivity index (χ2v) is 7.09. The number of carbonyl (C=O) groups excluding carboxylic acids is 2. The van der Waals surface area contributed by atoms with Crippen molar-refractivity contribution in [2.24, 2.45) is 0 Å². The molecule has 0 spiro atoms. The van der Waals surface area contributed by atoms with Gasteiger partial charge in [-0.05, 0) is 11.1 Å². The molecule has 2 aromatic rings. The standard InChI is InChI=1S/C22H24N2O3/c25-21(24-14-12-23(13-15-24)19-11-16-27-22(19)26)20(17-7-3-1-4-8-17)18-9-5-2-6-10-18/h1-10,19-20H,11-16H2. The molecule has 2 fully saturated rings. The van der Waals surface area contributed by atoms with Crippen molar-refractivity contribution in [2.75, 3.05) is 32.8 Å². The van der Waals surface area contributed by atoms with E-state index in [1.807, 2.05) is 65.6 Å². The zero-order valence-corrected chi connectivity index (χ0v) is 15.3. The van der Waals surface area contributed by atoms with Gasteiger partial charge in [-0.15, -0.1) is 0 Å². The summed E-state index contributed by atoms with van der Waals surface area (Å²) in [6.07, 6.45) is 0.753. The number of piperazine rings is 1. The number of hydrogen-bond acceptors (Lipinski definition) is 4. The molecule has 2 saturated heterocycles. The van der Waals surface area contributed by atoms with Gasteiger partial charge in [0.25, 0.3) is 0 Å². The minimum absolute atomic E-state index is 0.124. The maximum Gasteiger partial charge on any atom is 0.323 e. The smallest absolute Gasteiger partial charge is 0.323 e. The van der Waals surface area contributed by atoms with Gasteiger partial charge in [-0.1, -0.05) is 60.7 Å². The normalized spacial score (nSPS) is 20.7. The van der Waals surface area contributed by atoms with Crippen molar-refractivity contribution in [1.29, 1.82) is 0 Å². The van der Waals surface area contributed by atoms with Crippen LogP contribution in [0.4, 0.5) is 0 Å². The molecule has 1 atom stereocenters. The molecule has 4 rings (SSSR count). The van der Waals surface area contributed by atoms with Gasteiger partial charge in [-0.2, -0.15) is 0 Å². The van der Waals surface area contributed by atoms with Crippen LogP contribution < -0.4 is 0 Å². The molecular weight excluding hydrogens is 340 g/mol. The number of carbonyl (C=O) groups is 2. The van der Waals surface area contributed by atoms with Gasteiger partial charge < -0.3 is 9.64 Å². The SMILES string of the molecule is O=C1OCCC1N1CCN(C(=O)C(c2ccccc2)c2ccccc2)CC1. The molecular formula is C22H24N2O3. The zero-order chi connectivity index (χ0) is 18.6. The van der Waals surface area contributed by atoms with E-state index < -0.39 is 0 Å². The van der Waals surface area contributed by atoms with Crippen LogP contribution in [0.5, 0.6) is 0 Å². The molecule has 0 N–H and O–H groups in total. The quantitative estimate of drug-likeness (QED) is 0.781. The number of benzene rings is 2. The van der Waals surface area contributed by atoms with Crippen LogP contribution >= 0.6 is 0 Å². The maximum absolute atomic E-state index is 13.4. The maximum atomic E-state index is 13.4. The molecule has 0 bridgehead atoms. The van der Waals surface area contributed by atoms with E-state index in [-0.39, 0.29) is 23.8 Å². The fourth-order valence-electron chi connectivity index (χ4n) is 4.02. The van der Waals surface area contributed by atoms with Crippen molar-refractivity contribution in [3.05, 3.63) is 71.8 Å². The van der Waals surface area contributed by atoms with Crippen LogP contribution in [-0.2, 0) is 14.3 Å². The van der Waals surface area contributed by atoms with Crippen molar-refractivity contribution in [1.82, 2.24) is 9.80 Å². The summed E-state index contributed by atoms with van der Waals surface area (Å²) < 4.78 is 5.09. The van der Waals surface area contributed by atoms with Gasteiger partial charge in [0, 0.05) is 32.6 Å². The highest BCUT2D eigenvalue weighted by Gasteiger charge is 2.36. The summed E-state index contributed by atoms with van der Waals surface area (Å²) in [4.78, 5) is 29.3. The van der Waals surface area contributed by atoms with Gasteiger partial charge in [0.15, 0.2) is 0 Å². The molecule has 2 aliphatic heterocycles. The molecule has 1 unspecified atom stereocenters. The predicted molar refractivity (Wildman–Crippen MR) is 102 cm³/mol. The van der Waals surface area contributed by atoms with E-state index in [4.69, 9.17) is 4.74 Å². The Balaban J connectivity index is 1.50. The van der Waals surface area contributed by atoms with Crippen LogP contribution in [0.2, 0.25) is 0 Å². The average molecular weight is 364 g/mol. The van der Waals surface area contributed by atoms with Crippen LogP contribution in [-0.4, -0.2) is 60.5 Å². The first-order valence-corrected chi connectivity index (χ1v) is 9.53. The van der Waals surface area contributed by atoms with E-state index in [1.165, 1.54) is 0 Å². The van der Waals surface area contributed by atoms with Gasteiger partial charge in [-0.3, -0.25) is 14.5 Å². The largest absolute Gasteiger partial charge is 0.464 e. The number of ether oxygens (including phenoxy) is 1. The Morgan fingerprint density at radius 1 is 0.889 bits per heavy atom. The van der Waals surface area contributed by atoms with E-state index >= 15 is 0 Å². The van der Waals surface area contributed by atoms with Crippen molar-refractivity contribution in [3.63, 3.8) is 0 Å². The summed E-state index contributed by atoms with van der Waals surface area (Å²) in [6, 6.07) is 19.8. The monoisotopic (exact) mass is 364 g/mol. The third kappa shape index (κ3) is 3.74. The molecule has 2 aromatic carbocycles. The molecule has 140 valence electrons. The Morgan fingerprint density at radius 2 is 1.44 bits per heavy atom. The predicted octanol–water partition coefficient (Wildman–Crippen LogP) is 2.28. The highest BCUT2D eigenvalue weighted by Crippen LogP contribution is 2.27. The van der Waals surface area contributed by atoms with Crippen LogP contribution in [0, 0.1) is 0 Å². The molecule has 0 radical (unpaired) electrons. The summed E-state index contributed by atoms with van der Waals surface area (Å²) in [5.41, 5.74) is 2.02. The fraction of sp³-hybridized carbons (Fsp3) is 0.364. The van der Waals surface area contributed by atoms with E-state index in [2.05, 4.69) is 4.90 Å². The van der Waals surface area contributed by atoms with Gasteiger partial charge in [-0.25, -0.2) is 0 Å². The average Bonchev–Trinajstić information content (AvgIpc) is 3.16. The first kappa shape index (κ1) is 17.7. The minimum atomic E-state index is -0.296. The van der Waals surface area contributed by atoms with Crippen molar-refractivity contribution >= 4 is 11.9 Å². The lowest BCUT2D eigenvalue weighted by molar-refractivity contribution is -0.143. The number of rotatable bonds is 4. The first-order valence-electron chi connectivity index (χ1n) is 9.53. The molecule has 1 amide bonds. The third-order valence-corrected chi connectivity index (χ3v) is 5.49. The molecule has 2 aliphatic rings. The van der Waals surface area contributed by atoms with Gasteiger partial charge in [0.05, 0.1) is 12.5 Å². The first-order chi connectivity index (χ1) is 13.2. The molecule has 5 heteroatoms. The summed E-state index contributed by atoms with van der Waals surface area (Å²) in [5, 5.41) is 0. The van der Waals surface area contributed by atoms with Crippen LogP contribution in [0.15, 0.2) is 60.7 Å². The van der Waals surface area contributed by atoms with E-state index in [1.54, 1.807) is 0 Å². The lowest BCUT2D eigenvalue weighted by atomic mass is 9.90. The highest BCUT2D eigenvalue weighted by molar-refractivity contribution is 5.87. The Bertz CT molecular complexity index is 746. The number of cyclic esters (lactones) is 1. The fourth-order valence-corrected chi connectivity index (χ4v) is 4.02. The molecule has 5 nitrogen and oxygen atoms in total. The summed E-state index contributed by atoms with van der Waals surface area (Å²) in [6.45, 7) is 3.20. The Kier molecular flexibility index (Phi) is 5.21. The van der Waals surface area contributed by atoms with E-state index in [0.29, 0.717) is 32.8 Å². The summed E-state index contributed by atoms with van der Waals surface area (Å²) in [7, 11) is 0. The second kappa shape index (κ2) is 7.92. The van der Waals surface area contributed by atoms with Gasteiger partial charge in [0.2, 0.25) is 5.91 Å². The van der Waals surface area contributed by atoms with Crippen molar-refractivity contribution in [2.45, 2.75) is 18.4 Å². The van der Waals surface area contributed by atoms with Gasteiger partial charge in [0.1, 0.15) is 6.04 Å². The molecule has 2 heterocycles. The van der Waals surface area contributed by atoms with Crippen LogP contribution in [0.3, 0.4) is 0 Å². The highest BCUT2D eigenvalue weighted by atomic mass is 16.5. The molecule has 0 saturated carbocycles. The molecule has 0 aromatic heterocycles. The van der Waals surface area contributed by atoms with Crippen LogP contribution in [0.1, 0.15) is 23.5 Å². The Morgan fingerprint density at radius 3 is 1.93 bits per heavy atom. The van der Waals surface area contributed by atoms with Gasteiger partial charge >= 0.3 is 5.97 Å². The topological polar surface area (TPSA) is 49.9 Å². The van der Waals surface area contributed by atoms with E-state index in [0.717, 1.165) is 17.5 Å². The minimum Gasteiger partial charge on any atom is -0.464 e. The zero-order valence-electron chi connectivity index (χ0n) is 15.3. The Hall–Kier alpha value is -2.66. The Labute approximate surface area is 159 Å². The third-order valence-electron chi connectivity index (χ3n) is 5.49. The van der Waals surface area contributed by atoms with E-state index in [9.17, 15) is 9.59 Å². The van der Waals surface area contributed by atoms with Crippen molar-refractivity contribution in [3.8, 4) is 0 Å². The summed E-state index contributed by atoms with van der Waals surface area (Å²) >= 11 is 0. The van der Waals surface area contributed by atoms with Crippen molar-refractivity contribution < 1.29 is 14.3 Å². The molecule has 0 aliphatic carbocycles. The number of hydrogen-bond donors (Lipinski definition) is 0.